The zero-order chi connectivity index (χ0) is 17.3. The number of aryl methyl sites for hydroxylation is 1. The van der Waals surface area contributed by atoms with Gasteiger partial charge in [-0.1, -0.05) is 30.0 Å². The molecule has 3 rings (SSSR count). The standard InChI is InChI=1S/C17H23N5OS/c1-11(2)22-16(21(3)4)19-20-17(22)24-14-10-9-12-7-5-6-8-13(12)18-15(14)23/h5-8,11,14H,9-10H2,1-4H3,(H,18,23)/t14-/m0/s1. The minimum Gasteiger partial charge on any atom is -0.347 e. The molecule has 0 unspecified atom stereocenters. The van der Waals surface area contributed by atoms with Gasteiger partial charge in [-0.05, 0) is 38.3 Å². The fourth-order valence-electron chi connectivity index (χ4n) is 2.84. The number of hydrogen-bond acceptors (Lipinski definition) is 5. The number of anilines is 2. The molecule has 1 amide bonds. The quantitative estimate of drug-likeness (QED) is 0.923. The van der Waals surface area contributed by atoms with Crippen LogP contribution in [0.1, 0.15) is 31.9 Å². The molecule has 1 aliphatic heterocycles. The zero-order valence-corrected chi connectivity index (χ0v) is 15.3. The van der Waals surface area contributed by atoms with Crippen LogP contribution in [-0.2, 0) is 11.2 Å². The molecule has 2 heterocycles. The predicted octanol–water partition coefficient (Wildman–Crippen LogP) is 2.97. The lowest BCUT2D eigenvalue weighted by Gasteiger charge is -2.19. The molecule has 1 atom stereocenters. The molecule has 1 aliphatic rings. The van der Waals surface area contributed by atoms with Crippen molar-refractivity contribution < 1.29 is 4.79 Å². The van der Waals surface area contributed by atoms with Gasteiger partial charge in [0.2, 0.25) is 11.9 Å². The van der Waals surface area contributed by atoms with E-state index in [9.17, 15) is 4.79 Å². The first-order valence-corrected chi connectivity index (χ1v) is 9.03. The fourth-order valence-corrected chi connectivity index (χ4v) is 3.99. The number of thioether (sulfide) groups is 1. The summed E-state index contributed by atoms with van der Waals surface area (Å²) >= 11 is 1.50. The number of aromatic nitrogens is 3. The van der Waals surface area contributed by atoms with Gasteiger partial charge in [0.05, 0.1) is 5.25 Å². The predicted molar refractivity (Wildman–Crippen MR) is 97.8 cm³/mol. The van der Waals surface area contributed by atoms with E-state index in [4.69, 9.17) is 0 Å². The van der Waals surface area contributed by atoms with E-state index in [1.165, 1.54) is 17.3 Å². The molecule has 1 aromatic heterocycles. The van der Waals surface area contributed by atoms with Gasteiger partial charge in [-0.3, -0.25) is 9.36 Å². The highest BCUT2D eigenvalue weighted by Gasteiger charge is 2.28. The van der Waals surface area contributed by atoms with Crippen LogP contribution in [-0.4, -0.2) is 40.0 Å². The van der Waals surface area contributed by atoms with Crippen molar-refractivity contribution in [3.63, 3.8) is 0 Å². The van der Waals surface area contributed by atoms with E-state index in [0.29, 0.717) is 0 Å². The molecule has 0 bridgehead atoms. The Labute approximate surface area is 146 Å². The molecule has 24 heavy (non-hydrogen) atoms. The molecule has 0 aliphatic carbocycles. The van der Waals surface area contributed by atoms with Crippen molar-refractivity contribution in [2.45, 2.75) is 43.1 Å². The van der Waals surface area contributed by atoms with Gasteiger partial charge in [-0.25, -0.2) is 0 Å². The van der Waals surface area contributed by atoms with Gasteiger partial charge < -0.3 is 10.2 Å². The molecule has 128 valence electrons. The number of benzene rings is 1. The molecule has 1 N–H and O–H groups in total. The van der Waals surface area contributed by atoms with Crippen molar-refractivity contribution in [1.29, 1.82) is 0 Å². The summed E-state index contributed by atoms with van der Waals surface area (Å²) in [5.74, 6) is 0.847. The summed E-state index contributed by atoms with van der Waals surface area (Å²) in [4.78, 5) is 14.5. The van der Waals surface area contributed by atoms with E-state index in [2.05, 4.69) is 40.0 Å². The molecule has 0 saturated heterocycles. The van der Waals surface area contributed by atoms with Gasteiger partial charge in [0.15, 0.2) is 5.16 Å². The average Bonchev–Trinajstić information content (AvgIpc) is 2.89. The molecule has 6 nitrogen and oxygen atoms in total. The smallest absolute Gasteiger partial charge is 0.237 e. The van der Waals surface area contributed by atoms with Crippen LogP contribution in [0, 0.1) is 0 Å². The summed E-state index contributed by atoms with van der Waals surface area (Å²) in [6.45, 7) is 4.20. The molecule has 1 aromatic carbocycles. The first-order chi connectivity index (χ1) is 11.5. The maximum Gasteiger partial charge on any atom is 0.237 e. The third-order valence-corrected chi connectivity index (χ3v) is 5.28. The number of para-hydroxylation sites is 1. The highest BCUT2D eigenvalue weighted by molar-refractivity contribution is 8.00. The lowest BCUT2D eigenvalue weighted by molar-refractivity contribution is -0.115. The number of rotatable bonds is 4. The van der Waals surface area contributed by atoms with Crippen LogP contribution < -0.4 is 10.2 Å². The average molecular weight is 345 g/mol. The second kappa shape index (κ2) is 6.84. The highest BCUT2D eigenvalue weighted by atomic mass is 32.2. The van der Waals surface area contributed by atoms with Crippen LogP contribution in [0.15, 0.2) is 29.4 Å². The lowest BCUT2D eigenvalue weighted by Crippen LogP contribution is -2.24. The monoisotopic (exact) mass is 345 g/mol. The Balaban J connectivity index is 1.83. The third kappa shape index (κ3) is 3.26. The fraction of sp³-hybridized carbons (Fsp3) is 0.471. The van der Waals surface area contributed by atoms with Gasteiger partial charge in [0.1, 0.15) is 0 Å². The van der Waals surface area contributed by atoms with Crippen molar-refractivity contribution in [2.24, 2.45) is 0 Å². The minimum atomic E-state index is -0.172. The first kappa shape index (κ1) is 16.8. The molecule has 0 radical (unpaired) electrons. The number of amides is 1. The van der Waals surface area contributed by atoms with Gasteiger partial charge >= 0.3 is 0 Å². The summed E-state index contributed by atoms with van der Waals surface area (Å²) in [5.41, 5.74) is 2.11. The van der Waals surface area contributed by atoms with Gasteiger partial charge in [-0.15, -0.1) is 10.2 Å². The Morgan fingerprint density at radius 1 is 1.29 bits per heavy atom. The summed E-state index contributed by atoms with van der Waals surface area (Å²) in [6.07, 6.45) is 1.67. The van der Waals surface area contributed by atoms with Crippen LogP contribution in [0.4, 0.5) is 11.6 Å². The van der Waals surface area contributed by atoms with Crippen LogP contribution in [0.25, 0.3) is 0 Å². The molecule has 2 aromatic rings. The van der Waals surface area contributed by atoms with Crippen LogP contribution in [0.2, 0.25) is 0 Å². The number of nitrogens with zero attached hydrogens (tertiary/aromatic N) is 4. The van der Waals surface area contributed by atoms with Crippen LogP contribution in [0.3, 0.4) is 0 Å². The van der Waals surface area contributed by atoms with Gasteiger partial charge in [-0.2, -0.15) is 0 Å². The maximum atomic E-state index is 12.6. The Hall–Kier alpha value is -2.02. The molecular weight excluding hydrogens is 322 g/mol. The maximum absolute atomic E-state index is 12.6. The van der Waals surface area contributed by atoms with Crippen molar-refractivity contribution in [2.75, 3.05) is 24.3 Å². The second-order valence-electron chi connectivity index (χ2n) is 6.43. The SMILES string of the molecule is CC(C)n1c(S[C@H]2CCc3ccccc3NC2=O)nnc1N(C)C. The Morgan fingerprint density at radius 3 is 2.75 bits per heavy atom. The number of fused-ring (bicyclic) bond motifs is 1. The summed E-state index contributed by atoms with van der Waals surface area (Å²) in [7, 11) is 3.90. The highest BCUT2D eigenvalue weighted by Crippen LogP contribution is 2.33. The second-order valence-corrected chi connectivity index (χ2v) is 7.60. The van der Waals surface area contributed by atoms with E-state index in [1.54, 1.807) is 0 Å². The molecule has 0 fully saturated rings. The summed E-state index contributed by atoms with van der Waals surface area (Å²) < 4.78 is 2.08. The number of carbonyl (C=O) groups excluding carboxylic acids is 1. The normalized spacial score (nSPS) is 17.4. The largest absolute Gasteiger partial charge is 0.347 e. The van der Waals surface area contributed by atoms with Crippen molar-refractivity contribution in [3.05, 3.63) is 29.8 Å². The molecule has 0 spiro atoms. The topological polar surface area (TPSA) is 63.1 Å². The van der Waals surface area contributed by atoms with E-state index < -0.39 is 0 Å². The molecule has 7 heteroatoms. The number of hydrogen-bond donors (Lipinski definition) is 1. The number of carbonyl (C=O) groups is 1. The van der Waals surface area contributed by atoms with Crippen molar-refractivity contribution in [3.8, 4) is 0 Å². The zero-order valence-electron chi connectivity index (χ0n) is 14.5. The van der Waals surface area contributed by atoms with E-state index in [-0.39, 0.29) is 17.2 Å². The van der Waals surface area contributed by atoms with Gasteiger partial charge in [0.25, 0.3) is 0 Å². The van der Waals surface area contributed by atoms with Crippen molar-refractivity contribution >= 4 is 29.3 Å². The number of nitrogens with one attached hydrogen (secondary N) is 1. The molecular formula is C17H23N5OS. The van der Waals surface area contributed by atoms with E-state index in [1.807, 2.05) is 37.2 Å². The van der Waals surface area contributed by atoms with Crippen LogP contribution >= 0.6 is 11.8 Å². The first-order valence-electron chi connectivity index (χ1n) is 8.15. The molecule has 0 saturated carbocycles. The van der Waals surface area contributed by atoms with E-state index >= 15 is 0 Å². The van der Waals surface area contributed by atoms with Crippen LogP contribution in [0.5, 0.6) is 0 Å². The van der Waals surface area contributed by atoms with Crippen molar-refractivity contribution in [1.82, 2.24) is 14.8 Å². The summed E-state index contributed by atoms with van der Waals surface area (Å²) in [6, 6.07) is 8.22. The third-order valence-electron chi connectivity index (χ3n) is 4.05. The lowest BCUT2D eigenvalue weighted by atomic mass is 10.1. The Morgan fingerprint density at radius 2 is 2.04 bits per heavy atom. The Bertz CT molecular complexity index is 740. The Kier molecular flexibility index (Phi) is 4.80. The van der Waals surface area contributed by atoms with Gasteiger partial charge in [0, 0.05) is 25.8 Å². The minimum absolute atomic E-state index is 0.0367. The summed E-state index contributed by atoms with van der Waals surface area (Å²) in [5, 5.41) is 12.3. The van der Waals surface area contributed by atoms with E-state index in [0.717, 1.165) is 29.6 Å².